The number of carbonyl (C=O) groups excluding carboxylic acids is 2. The van der Waals surface area contributed by atoms with Crippen LogP contribution in [0.5, 0.6) is 0 Å². The highest BCUT2D eigenvalue weighted by molar-refractivity contribution is 7.18. The van der Waals surface area contributed by atoms with Gasteiger partial charge >= 0.3 is 0 Å². The molecule has 0 radical (unpaired) electrons. The first-order valence-corrected chi connectivity index (χ1v) is 10.4. The van der Waals surface area contributed by atoms with Crippen LogP contribution in [0.25, 0.3) is 10.6 Å². The number of hydrogen-bond donors (Lipinski definition) is 2. The fourth-order valence-corrected chi connectivity index (χ4v) is 3.61. The molecule has 2 N–H and O–H groups in total. The van der Waals surface area contributed by atoms with Crippen molar-refractivity contribution in [3.8, 4) is 10.6 Å². The smallest absolute Gasteiger partial charge is 0.249 e. The predicted octanol–water partition coefficient (Wildman–Crippen LogP) is 3.92. The summed E-state index contributed by atoms with van der Waals surface area (Å²) in [6.07, 6.45) is 0.993. The average molecular weight is 409 g/mol. The molecule has 0 aliphatic carbocycles. The minimum Gasteiger partial charge on any atom is -0.344 e. The monoisotopic (exact) mass is 408 g/mol. The summed E-state index contributed by atoms with van der Waals surface area (Å²) in [5.74, 6) is -0.480. The molecular formula is C22H24N4O2S. The summed E-state index contributed by atoms with van der Waals surface area (Å²) in [5.41, 5.74) is 1.85. The van der Waals surface area contributed by atoms with Gasteiger partial charge in [-0.15, -0.1) is 10.2 Å². The van der Waals surface area contributed by atoms with Gasteiger partial charge in [0.2, 0.25) is 16.9 Å². The lowest BCUT2D eigenvalue weighted by atomic mass is 9.98. The van der Waals surface area contributed by atoms with Gasteiger partial charge in [0.25, 0.3) is 0 Å². The molecular weight excluding hydrogens is 384 g/mol. The molecule has 0 saturated heterocycles. The first kappa shape index (κ1) is 20.7. The fourth-order valence-electron chi connectivity index (χ4n) is 2.86. The molecule has 3 aromatic rings. The van der Waals surface area contributed by atoms with E-state index in [0.29, 0.717) is 5.13 Å². The summed E-state index contributed by atoms with van der Waals surface area (Å²) >= 11 is 1.31. The van der Waals surface area contributed by atoms with Gasteiger partial charge < -0.3 is 5.32 Å². The van der Waals surface area contributed by atoms with Crippen molar-refractivity contribution in [3.05, 3.63) is 66.2 Å². The Bertz CT molecular complexity index is 944. The van der Waals surface area contributed by atoms with Crippen molar-refractivity contribution >= 4 is 28.3 Å². The minimum atomic E-state index is -0.639. The van der Waals surface area contributed by atoms with Crippen LogP contribution in [0.1, 0.15) is 25.8 Å². The van der Waals surface area contributed by atoms with E-state index in [9.17, 15) is 9.59 Å². The summed E-state index contributed by atoms with van der Waals surface area (Å²) in [5, 5.41) is 15.1. The largest absolute Gasteiger partial charge is 0.344 e. The van der Waals surface area contributed by atoms with Crippen molar-refractivity contribution in [2.24, 2.45) is 5.92 Å². The van der Waals surface area contributed by atoms with E-state index in [0.717, 1.165) is 22.6 Å². The summed E-state index contributed by atoms with van der Waals surface area (Å²) in [6, 6.07) is 18.5. The van der Waals surface area contributed by atoms with Crippen LogP contribution in [0.3, 0.4) is 0 Å². The normalized spacial score (nSPS) is 12.8. The SMILES string of the molecule is CC[C@H](C)[C@H](NC(=O)Cc1ccccc1)C(=O)Nc1nnc(-c2ccccc2)s1. The molecule has 1 heterocycles. The lowest BCUT2D eigenvalue weighted by molar-refractivity contribution is -0.127. The van der Waals surface area contributed by atoms with E-state index in [4.69, 9.17) is 0 Å². The number of benzene rings is 2. The molecule has 0 spiro atoms. The van der Waals surface area contributed by atoms with Crippen LogP contribution in [0.15, 0.2) is 60.7 Å². The second-order valence-electron chi connectivity index (χ2n) is 6.86. The second kappa shape index (κ2) is 9.93. The van der Waals surface area contributed by atoms with E-state index in [1.807, 2.05) is 74.5 Å². The summed E-state index contributed by atoms with van der Waals surface area (Å²) in [4.78, 5) is 25.3. The molecule has 29 heavy (non-hydrogen) atoms. The zero-order chi connectivity index (χ0) is 20.6. The Hall–Kier alpha value is -3.06. The number of anilines is 1. The third kappa shape index (κ3) is 5.71. The number of nitrogens with one attached hydrogen (secondary N) is 2. The molecule has 3 rings (SSSR count). The fraction of sp³-hybridized carbons (Fsp3) is 0.273. The first-order chi connectivity index (χ1) is 14.1. The van der Waals surface area contributed by atoms with Crippen LogP contribution >= 0.6 is 11.3 Å². The molecule has 6 nitrogen and oxygen atoms in total. The van der Waals surface area contributed by atoms with Crippen molar-refractivity contribution in [2.75, 3.05) is 5.32 Å². The maximum atomic E-state index is 12.9. The highest BCUT2D eigenvalue weighted by atomic mass is 32.1. The maximum absolute atomic E-state index is 12.9. The Labute approximate surface area is 174 Å². The molecule has 2 aromatic carbocycles. The lowest BCUT2D eigenvalue weighted by Gasteiger charge is -2.23. The Morgan fingerprint density at radius 3 is 2.31 bits per heavy atom. The molecule has 0 aliphatic rings. The summed E-state index contributed by atoms with van der Waals surface area (Å²) in [6.45, 7) is 3.94. The third-order valence-corrected chi connectivity index (χ3v) is 5.58. The highest BCUT2D eigenvalue weighted by Crippen LogP contribution is 2.26. The van der Waals surface area contributed by atoms with E-state index in [-0.39, 0.29) is 24.2 Å². The molecule has 2 amide bonds. The molecule has 0 aliphatic heterocycles. The zero-order valence-corrected chi connectivity index (χ0v) is 17.3. The lowest BCUT2D eigenvalue weighted by Crippen LogP contribution is -2.48. The van der Waals surface area contributed by atoms with Crippen molar-refractivity contribution in [1.29, 1.82) is 0 Å². The van der Waals surface area contributed by atoms with Crippen LogP contribution in [-0.4, -0.2) is 28.1 Å². The third-order valence-electron chi connectivity index (χ3n) is 4.70. The number of carbonyl (C=O) groups is 2. The standard InChI is InChI=1S/C22H24N4O2S/c1-3-15(2)19(23-18(27)14-16-10-6-4-7-11-16)20(28)24-22-26-25-21(29-22)17-12-8-5-9-13-17/h4-13,15,19H,3,14H2,1-2H3,(H,23,27)(H,24,26,28)/t15-,19-/m0/s1. The van der Waals surface area contributed by atoms with Gasteiger partial charge in [-0.3, -0.25) is 14.9 Å². The predicted molar refractivity (Wildman–Crippen MR) is 116 cm³/mol. The van der Waals surface area contributed by atoms with Gasteiger partial charge in [0, 0.05) is 5.56 Å². The van der Waals surface area contributed by atoms with Crippen LogP contribution < -0.4 is 10.6 Å². The number of hydrogen-bond acceptors (Lipinski definition) is 5. The van der Waals surface area contributed by atoms with Gasteiger partial charge in [-0.2, -0.15) is 0 Å². The molecule has 2 atom stereocenters. The Morgan fingerprint density at radius 2 is 1.66 bits per heavy atom. The molecule has 0 bridgehead atoms. The van der Waals surface area contributed by atoms with Gasteiger partial charge in [-0.25, -0.2) is 0 Å². The van der Waals surface area contributed by atoms with Crippen LogP contribution in [-0.2, 0) is 16.0 Å². The molecule has 1 aromatic heterocycles. The quantitative estimate of drug-likeness (QED) is 0.592. The van der Waals surface area contributed by atoms with Gasteiger partial charge in [-0.05, 0) is 11.5 Å². The molecule has 150 valence electrons. The van der Waals surface area contributed by atoms with Crippen molar-refractivity contribution in [2.45, 2.75) is 32.7 Å². The van der Waals surface area contributed by atoms with E-state index < -0.39 is 6.04 Å². The molecule has 7 heteroatoms. The number of aromatic nitrogens is 2. The van der Waals surface area contributed by atoms with Crippen molar-refractivity contribution in [3.63, 3.8) is 0 Å². The zero-order valence-electron chi connectivity index (χ0n) is 16.5. The van der Waals surface area contributed by atoms with Gasteiger partial charge in [0.1, 0.15) is 11.0 Å². The van der Waals surface area contributed by atoms with E-state index in [1.165, 1.54) is 11.3 Å². The maximum Gasteiger partial charge on any atom is 0.249 e. The molecule has 0 unspecified atom stereocenters. The van der Waals surface area contributed by atoms with Crippen LogP contribution in [0, 0.1) is 5.92 Å². The Morgan fingerprint density at radius 1 is 1.00 bits per heavy atom. The molecule has 0 fully saturated rings. The van der Waals surface area contributed by atoms with E-state index >= 15 is 0 Å². The van der Waals surface area contributed by atoms with Crippen molar-refractivity contribution in [1.82, 2.24) is 15.5 Å². The average Bonchev–Trinajstić information content (AvgIpc) is 3.21. The number of amides is 2. The van der Waals surface area contributed by atoms with Gasteiger partial charge in [0.05, 0.1) is 6.42 Å². The van der Waals surface area contributed by atoms with Gasteiger partial charge in [-0.1, -0.05) is 92.3 Å². The van der Waals surface area contributed by atoms with E-state index in [2.05, 4.69) is 20.8 Å². The number of rotatable bonds is 8. The van der Waals surface area contributed by atoms with Crippen LogP contribution in [0.2, 0.25) is 0 Å². The first-order valence-electron chi connectivity index (χ1n) is 9.60. The molecule has 0 saturated carbocycles. The highest BCUT2D eigenvalue weighted by Gasteiger charge is 2.27. The Kier molecular flexibility index (Phi) is 7.08. The van der Waals surface area contributed by atoms with Gasteiger partial charge in [0.15, 0.2) is 0 Å². The Balaban J connectivity index is 1.66. The van der Waals surface area contributed by atoms with Crippen molar-refractivity contribution < 1.29 is 9.59 Å². The van der Waals surface area contributed by atoms with E-state index in [1.54, 1.807) is 0 Å². The summed E-state index contributed by atoms with van der Waals surface area (Å²) in [7, 11) is 0. The second-order valence-corrected chi connectivity index (χ2v) is 7.84. The number of nitrogens with zero attached hydrogens (tertiary/aromatic N) is 2. The summed E-state index contributed by atoms with van der Waals surface area (Å²) < 4.78 is 0. The minimum absolute atomic E-state index is 0.0174. The topological polar surface area (TPSA) is 84.0 Å². The van der Waals surface area contributed by atoms with Crippen LogP contribution in [0.4, 0.5) is 5.13 Å².